The van der Waals surface area contributed by atoms with Crippen LogP contribution >= 0.6 is 0 Å². The Kier molecular flexibility index (Phi) is 8.10. The third-order valence-corrected chi connectivity index (χ3v) is 6.07. The summed E-state index contributed by atoms with van der Waals surface area (Å²) in [5, 5.41) is 9.93. The molecule has 1 aromatic rings. The van der Waals surface area contributed by atoms with Crippen LogP contribution in [0.1, 0.15) is 57.7 Å². The minimum Gasteiger partial charge on any atom is -0.354 e. The number of carbonyl (C=O) groups excluding carboxylic acids is 2. The summed E-state index contributed by atoms with van der Waals surface area (Å²) >= 11 is 0. The highest BCUT2D eigenvalue weighted by Gasteiger charge is 2.29. The van der Waals surface area contributed by atoms with Gasteiger partial charge < -0.3 is 4.90 Å². The summed E-state index contributed by atoms with van der Waals surface area (Å²) in [5.41, 5.74) is 4.61. The summed E-state index contributed by atoms with van der Waals surface area (Å²) in [4.78, 5) is 32.3. The Balaban J connectivity index is 1.74. The average Bonchev–Trinajstić information content (AvgIpc) is 3.43. The first-order valence-electron chi connectivity index (χ1n) is 10.9. The predicted molar refractivity (Wildman–Crippen MR) is 109 cm³/mol. The maximum atomic E-state index is 15.0. The molecule has 1 aromatic heterocycles. The minimum absolute atomic E-state index is 0.199. The van der Waals surface area contributed by atoms with Gasteiger partial charge in [-0.15, -0.1) is 0 Å². The lowest BCUT2D eigenvalue weighted by Gasteiger charge is -2.23. The van der Waals surface area contributed by atoms with Crippen molar-refractivity contribution in [3.8, 4) is 0 Å². The van der Waals surface area contributed by atoms with Crippen molar-refractivity contribution < 1.29 is 28.0 Å². The average molecular weight is 458 g/mol. The van der Waals surface area contributed by atoms with Gasteiger partial charge in [-0.1, -0.05) is 32.6 Å². The fourth-order valence-corrected chi connectivity index (χ4v) is 4.37. The first-order valence-corrected chi connectivity index (χ1v) is 10.9. The Morgan fingerprint density at radius 1 is 1.31 bits per heavy atom. The predicted octanol–water partition coefficient (Wildman–Crippen LogP) is 2.89. The molecule has 1 aliphatic heterocycles. The molecule has 3 N–H and O–H groups in total. The second-order valence-electron chi connectivity index (χ2n) is 8.63. The van der Waals surface area contributed by atoms with E-state index in [-0.39, 0.29) is 30.6 Å². The highest BCUT2D eigenvalue weighted by molar-refractivity contribution is 5.80. The number of rotatable bonds is 10. The lowest BCUT2D eigenvalue weighted by atomic mass is 9.92. The monoisotopic (exact) mass is 458 g/mol. The van der Waals surface area contributed by atoms with Crippen LogP contribution in [0.5, 0.6) is 0 Å². The second kappa shape index (κ2) is 10.8. The lowest BCUT2D eigenvalue weighted by molar-refractivity contribution is -0.154. The summed E-state index contributed by atoms with van der Waals surface area (Å²) in [7, 11) is 0. The van der Waals surface area contributed by atoms with Gasteiger partial charge in [0, 0.05) is 13.1 Å². The van der Waals surface area contributed by atoms with Crippen LogP contribution in [-0.4, -0.2) is 52.2 Å². The number of aromatic nitrogens is 2. The van der Waals surface area contributed by atoms with Crippen LogP contribution in [0, 0.1) is 23.6 Å². The fourth-order valence-electron chi connectivity index (χ4n) is 4.37. The van der Waals surface area contributed by atoms with Gasteiger partial charge in [-0.3, -0.25) is 25.6 Å². The van der Waals surface area contributed by atoms with Crippen molar-refractivity contribution in [1.29, 1.82) is 0 Å². The Morgan fingerprint density at radius 2 is 2.03 bits per heavy atom. The van der Waals surface area contributed by atoms with Crippen LogP contribution in [0.4, 0.5) is 24.8 Å². The van der Waals surface area contributed by atoms with Gasteiger partial charge in [0.1, 0.15) is 0 Å². The number of carbonyl (C=O) groups is 2. The van der Waals surface area contributed by atoms with Crippen LogP contribution in [0.15, 0.2) is 0 Å². The molecular weight excluding hydrogens is 429 g/mol. The topological polar surface area (TPSA) is 111 Å². The third-order valence-electron chi connectivity index (χ3n) is 6.07. The van der Waals surface area contributed by atoms with E-state index in [1.54, 1.807) is 4.90 Å². The number of hydrogen-bond acceptors (Lipinski definition) is 7. The number of hydroxylamine groups is 2. The van der Waals surface area contributed by atoms with Gasteiger partial charge in [-0.2, -0.15) is 4.39 Å². The molecule has 1 unspecified atom stereocenters. The molecule has 32 heavy (non-hydrogen) atoms. The Hall–Kier alpha value is -2.63. The zero-order valence-electron chi connectivity index (χ0n) is 17.9. The fraction of sp³-hybridized carbons (Fsp3) is 0.700. The van der Waals surface area contributed by atoms with Crippen LogP contribution < -0.4 is 15.8 Å². The van der Waals surface area contributed by atoms with E-state index in [0.29, 0.717) is 24.6 Å². The number of hydrazine groups is 1. The molecule has 178 valence electrons. The van der Waals surface area contributed by atoms with Crippen molar-refractivity contribution in [2.75, 3.05) is 30.0 Å². The molecule has 12 heteroatoms. The first kappa shape index (κ1) is 24.0. The maximum absolute atomic E-state index is 15.0. The second-order valence-corrected chi connectivity index (χ2v) is 8.63. The SMILES string of the molecule is CC1CCN(c2nc(C(F)F)nc(NNC(=O)[C@H](CC3CCCC3)CN(O)C=O)c2F)C1. The summed E-state index contributed by atoms with van der Waals surface area (Å²) in [6, 6.07) is 0. The number of amides is 2. The van der Waals surface area contributed by atoms with Crippen LogP contribution in [0.3, 0.4) is 0 Å². The summed E-state index contributed by atoms with van der Waals surface area (Å²) < 4.78 is 41.6. The van der Waals surface area contributed by atoms with Crippen LogP contribution in [0.2, 0.25) is 0 Å². The van der Waals surface area contributed by atoms with Crippen LogP contribution in [0.25, 0.3) is 0 Å². The normalized spacial score (nSPS) is 19.9. The molecule has 9 nitrogen and oxygen atoms in total. The van der Waals surface area contributed by atoms with Gasteiger partial charge >= 0.3 is 0 Å². The highest BCUT2D eigenvalue weighted by atomic mass is 19.3. The number of hydrogen-bond donors (Lipinski definition) is 3. The molecule has 0 aromatic carbocycles. The molecule has 2 amide bonds. The molecule has 1 aliphatic carbocycles. The van der Waals surface area contributed by atoms with E-state index < -0.39 is 35.7 Å². The zero-order valence-corrected chi connectivity index (χ0v) is 17.9. The van der Waals surface area contributed by atoms with Crippen molar-refractivity contribution in [1.82, 2.24) is 20.5 Å². The van der Waals surface area contributed by atoms with Crippen molar-refractivity contribution in [2.45, 2.75) is 51.9 Å². The molecule has 1 saturated heterocycles. The van der Waals surface area contributed by atoms with E-state index >= 15 is 4.39 Å². The van der Waals surface area contributed by atoms with Crippen molar-refractivity contribution in [3.63, 3.8) is 0 Å². The Morgan fingerprint density at radius 3 is 2.62 bits per heavy atom. The lowest BCUT2D eigenvalue weighted by Crippen LogP contribution is -2.41. The molecule has 2 atom stereocenters. The zero-order chi connectivity index (χ0) is 23.3. The smallest absolute Gasteiger partial charge is 0.297 e. The quantitative estimate of drug-likeness (QED) is 0.281. The van der Waals surface area contributed by atoms with Gasteiger partial charge in [0.25, 0.3) is 6.43 Å². The van der Waals surface area contributed by atoms with Crippen molar-refractivity contribution >= 4 is 24.0 Å². The Bertz CT molecular complexity index is 809. The van der Waals surface area contributed by atoms with Gasteiger partial charge in [0.15, 0.2) is 17.5 Å². The molecular formula is C20H29F3N6O3. The van der Waals surface area contributed by atoms with Crippen molar-refractivity contribution in [3.05, 3.63) is 11.6 Å². The van der Waals surface area contributed by atoms with E-state index in [1.165, 1.54) is 0 Å². The summed E-state index contributed by atoms with van der Waals surface area (Å²) in [6.07, 6.45) is 2.39. The number of nitrogens with zero attached hydrogens (tertiary/aromatic N) is 4. The van der Waals surface area contributed by atoms with E-state index in [2.05, 4.69) is 20.8 Å². The highest BCUT2D eigenvalue weighted by Crippen LogP contribution is 2.31. The van der Waals surface area contributed by atoms with Crippen molar-refractivity contribution in [2.24, 2.45) is 17.8 Å². The standard InChI is InChI=1S/C20H29F3N6O3/c1-12-6-7-28(9-12)19-15(21)17(24-18(25-19)16(22)23)26-27-20(31)14(10-29(32)11-30)8-13-4-2-3-5-13/h11-14,16,32H,2-10H2,1H3,(H,27,31)(H,24,25,26)/t12?,14-/m1/s1. The van der Waals surface area contributed by atoms with Gasteiger partial charge in [0.05, 0.1) is 12.5 Å². The minimum atomic E-state index is -3.02. The number of halogens is 3. The van der Waals surface area contributed by atoms with Crippen LogP contribution in [-0.2, 0) is 9.59 Å². The van der Waals surface area contributed by atoms with E-state index in [9.17, 15) is 23.6 Å². The number of alkyl halides is 2. The van der Waals surface area contributed by atoms with Gasteiger partial charge in [-0.25, -0.2) is 23.8 Å². The molecule has 1 saturated carbocycles. The largest absolute Gasteiger partial charge is 0.354 e. The molecule has 0 bridgehead atoms. The Labute approximate surface area is 184 Å². The maximum Gasteiger partial charge on any atom is 0.297 e. The number of anilines is 2. The van der Waals surface area contributed by atoms with E-state index in [1.807, 2.05) is 6.92 Å². The molecule has 0 radical (unpaired) electrons. The molecule has 2 aliphatic rings. The molecule has 2 fully saturated rings. The molecule has 2 heterocycles. The van der Waals surface area contributed by atoms with Gasteiger partial charge in [0.2, 0.25) is 18.1 Å². The molecule has 3 rings (SSSR count). The summed E-state index contributed by atoms with van der Waals surface area (Å²) in [6.45, 7) is 2.69. The molecule has 0 spiro atoms. The number of nitrogens with one attached hydrogen (secondary N) is 2. The summed E-state index contributed by atoms with van der Waals surface area (Å²) in [5.74, 6) is -3.40. The van der Waals surface area contributed by atoms with E-state index in [4.69, 9.17) is 0 Å². The van der Waals surface area contributed by atoms with E-state index in [0.717, 1.165) is 32.1 Å². The third kappa shape index (κ3) is 5.99. The van der Waals surface area contributed by atoms with Gasteiger partial charge in [-0.05, 0) is 24.7 Å². The first-order chi connectivity index (χ1) is 15.3.